The highest BCUT2D eigenvalue weighted by Gasteiger charge is 2.24. The maximum Gasteiger partial charge on any atom is 0.150 e. The fourth-order valence-corrected chi connectivity index (χ4v) is 2.43. The van der Waals surface area contributed by atoms with Crippen molar-refractivity contribution in [3.8, 4) is 6.07 Å². The van der Waals surface area contributed by atoms with Crippen molar-refractivity contribution in [3.63, 3.8) is 0 Å². The molecule has 96 valence electrons. The zero-order valence-corrected chi connectivity index (χ0v) is 10.8. The number of nitrogens with zero attached hydrogens (tertiary/aromatic N) is 3. The molecule has 3 N–H and O–H groups in total. The molecule has 5 heteroatoms. The van der Waals surface area contributed by atoms with Gasteiger partial charge in [0.05, 0.1) is 11.3 Å². The second-order valence-electron chi connectivity index (χ2n) is 5.01. The Labute approximate surface area is 108 Å². The van der Waals surface area contributed by atoms with Gasteiger partial charge in [-0.25, -0.2) is 4.98 Å². The summed E-state index contributed by atoms with van der Waals surface area (Å²) >= 11 is 0. The van der Waals surface area contributed by atoms with Gasteiger partial charge in [0.1, 0.15) is 6.07 Å². The zero-order chi connectivity index (χ0) is 13.1. The van der Waals surface area contributed by atoms with Crippen LogP contribution in [-0.2, 0) is 0 Å². The van der Waals surface area contributed by atoms with Crippen molar-refractivity contribution in [2.24, 2.45) is 5.92 Å². The van der Waals surface area contributed by atoms with Crippen LogP contribution < -0.4 is 11.1 Å². The van der Waals surface area contributed by atoms with E-state index in [9.17, 15) is 0 Å². The Kier molecular flexibility index (Phi) is 3.68. The summed E-state index contributed by atoms with van der Waals surface area (Å²) in [7, 11) is 2.13. The predicted octanol–water partition coefficient (Wildman–Crippen LogP) is 1.29. The number of nitrogens with two attached hydrogens (primary N) is 1. The third-order valence-corrected chi connectivity index (χ3v) is 3.54. The minimum Gasteiger partial charge on any atom is -0.395 e. The third-order valence-electron chi connectivity index (χ3n) is 3.54. The normalized spacial score (nSPS) is 24.5. The highest BCUT2D eigenvalue weighted by molar-refractivity contribution is 5.69. The van der Waals surface area contributed by atoms with Crippen molar-refractivity contribution in [1.82, 2.24) is 9.88 Å². The number of rotatable bonds is 2. The third kappa shape index (κ3) is 2.54. The highest BCUT2D eigenvalue weighted by Crippen LogP contribution is 2.24. The SMILES string of the molecule is CC1CN(C)CCC1Nc1nccc(C#N)c1N. The van der Waals surface area contributed by atoms with Gasteiger partial charge < -0.3 is 16.0 Å². The largest absolute Gasteiger partial charge is 0.395 e. The van der Waals surface area contributed by atoms with Gasteiger partial charge in [0, 0.05) is 18.8 Å². The van der Waals surface area contributed by atoms with Crippen LogP contribution in [0.4, 0.5) is 11.5 Å². The van der Waals surface area contributed by atoms with Gasteiger partial charge >= 0.3 is 0 Å². The molecule has 2 heterocycles. The Morgan fingerprint density at radius 2 is 2.39 bits per heavy atom. The summed E-state index contributed by atoms with van der Waals surface area (Å²) in [5.74, 6) is 1.17. The number of piperidine rings is 1. The molecule has 1 fully saturated rings. The molecule has 1 aromatic rings. The monoisotopic (exact) mass is 245 g/mol. The minimum atomic E-state index is 0.366. The van der Waals surface area contributed by atoms with E-state index in [1.54, 1.807) is 12.3 Å². The fourth-order valence-electron chi connectivity index (χ4n) is 2.43. The lowest BCUT2D eigenvalue weighted by molar-refractivity contribution is 0.206. The summed E-state index contributed by atoms with van der Waals surface area (Å²) in [6.45, 7) is 4.35. The Morgan fingerprint density at radius 3 is 3.06 bits per heavy atom. The maximum absolute atomic E-state index is 8.94. The molecule has 0 aromatic carbocycles. The smallest absolute Gasteiger partial charge is 0.150 e. The molecule has 0 bridgehead atoms. The molecule has 1 aromatic heterocycles. The molecule has 0 amide bonds. The lowest BCUT2D eigenvalue weighted by Gasteiger charge is -2.35. The summed E-state index contributed by atoms with van der Waals surface area (Å²) in [6.07, 6.45) is 2.69. The van der Waals surface area contributed by atoms with Crippen LogP contribution in [0.5, 0.6) is 0 Å². The number of hydrogen-bond acceptors (Lipinski definition) is 5. The molecule has 1 aliphatic heterocycles. The van der Waals surface area contributed by atoms with E-state index in [2.05, 4.69) is 35.2 Å². The summed E-state index contributed by atoms with van der Waals surface area (Å²) in [6, 6.07) is 4.08. The Bertz CT molecular complexity index is 465. The number of anilines is 2. The molecule has 18 heavy (non-hydrogen) atoms. The number of hydrogen-bond donors (Lipinski definition) is 2. The van der Waals surface area contributed by atoms with Crippen LogP contribution in [0.3, 0.4) is 0 Å². The van der Waals surface area contributed by atoms with Gasteiger partial charge in [-0.15, -0.1) is 0 Å². The lowest BCUT2D eigenvalue weighted by atomic mass is 9.94. The summed E-state index contributed by atoms with van der Waals surface area (Å²) in [5, 5.41) is 12.3. The summed E-state index contributed by atoms with van der Waals surface area (Å²) < 4.78 is 0. The molecule has 2 unspecified atom stereocenters. The number of nitriles is 1. The average Bonchev–Trinajstić information content (AvgIpc) is 2.35. The van der Waals surface area contributed by atoms with E-state index in [4.69, 9.17) is 11.0 Å². The number of pyridine rings is 1. The molecule has 0 aliphatic carbocycles. The van der Waals surface area contributed by atoms with Crippen LogP contribution in [0.15, 0.2) is 12.3 Å². The van der Waals surface area contributed by atoms with Crippen LogP contribution in [0.25, 0.3) is 0 Å². The van der Waals surface area contributed by atoms with E-state index in [1.807, 2.05) is 0 Å². The fraction of sp³-hybridized carbons (Fsp3) is 0.538. The van der Waals surface area contributed by atoms with Gasteiger partial charge in [0.2, 0.25) is 0 Å². The Balaban J connectivity index is 2.13. The van der Waals surface area contributed by atoms with Gasteiger partial charge in [0.15, 0.2) is 5.82 Å². The van der Waals surface area contributed by atoms with Gasteiger partial charge in [-0.2, -0.15) is 5.26 Å². The van der Waals surface area contributed by atoms with Crippen LogP contribution in [0, 0.1) is 17.2 Å². The summed E-state index contributed by atoms with van der Waals surface area (Å²) in [5.41, 5.74) is 6.86. The first kappa shape index (κ1) is 12.7. The maximum atomic E-state index is 8.94. The van der Waals surface area contributed by atoms with Crippen LogP contribution in [-0.4, -0.2) is 36.1 Å². The molecule has 1 aliphatic rings. The minimum absolute atomic E-state index is 0.366. The average molecular weight is 245 g/mol. The van der Waals surface area contributed by atoms with E-state index >= 15 is 0 Å². The second kappa shape index (κ2) is 5.23. The molecule has 0 saturated carbocycles. The lowest BCUT2D eigenvalue weighted by Crippen LogP contribution is -2.43. The highest BCUT2D eigenvalue weighted by atomic mass is 15.1. The number of nitrogen functional groups attached to an aromatic ring is 1. The van der Waals surface area contributed by atoms with Crippen LogP contribution >= 0.6 is 0 Å². The van der Waals surface area contributed by atoms with E-state index in [0.29, 0.717) is 29.0 Å². The zero-order valence-electron chi connectivity index (χ0n) is 10.8. The molecule has 0 spiro atoms. The van der Waals surface area contributed by atoms with Crippen molar-refractivity contribution in [3.05, 3.63) is 17.8 Å². The molecule has 2 atom stereocenters. The van der Waals surface area contributed by atoms with Gasteiger partial charge in [0.25, 0.3) is 0 Å². The first-order valence-corrected chi connectivity index (χ1v) is 6.21. The molecule has 1 saturated heterocycles. The van der Waals surface area contributed by atoms with E-state index < -0.39 is 0 Å². The quantitative estimate of drug-likeness (QED) is 0.821. The Hall–Kier alpha value is -1.80. The van der Waals surface area contributed by atoms with Crippen molar-refractivity contribution < 1.29 is 0 Å². The van der Waals surface area contributed by atoms with Crippen molar-refractivity contribution in [2.75, 3.05) is 31.2 Å². The van der Waals surface area contributed by atoms with Crippen molar-refractivity contribution in [1.29, 1.82) is 5.26 Å². The van der Waals surface area contributed by atoms with E-state index in [0.717, 1.165) is 19.5 Å². The van der Waals surface area contributed by atoms with E-state index in [1.165, 1.54) is 0 Å². The Morgan fingerprint density at radius 1 is 1.61 bits per heavy atom. The van der Waals surface area contributed by atoms with Gasteiger partial charge in [-0.1, -0.05) is 6.92 Å². The molecule has 5 nitrogen and oxygen atoms in total. The van der Waals surface area contributed by atoms with Gasteiger partial charge in [-0.3, -0.25) is 0 Å². The number of aromatic nitrogens is 1. The molecular formula is C13H19N5. The topological polar surface area (TPSA) is 78.0 Å². The first-order chi connectivity index (χ1) is 8.61. The van der Waals surface area contributed by atoms with Crippen molar-refractivity contribution in [2.45, 2.75) is 19.4 Å². The van der Waals surface area contributed by atoms with Crippen LogP contribution in [0.1, 0.15) is 18.9 Å². The second-order valence-corrected chi connectivity index (χ2v) is 5.01. The molecular weight excluding hydrogens is 226 g/mol. The number of nitrogens with one attached hydrogen (secondary N) is 1. The first-order valence-electron chi connectivity index (χ1n) is 6.21. The van der Waals surface area contributed by atoms with Gasteiger partial charge in [-0.05, 0) is 32.0 Å². The van der Waals surface area contributed by atoms with Crippen molar-refractivity contribution >= 4 is 11.5 Å². The molecule has 0 radical (unpaired) electrons. The predicted molar refractivity (Wildman–Crippen MR) is 72.1 cm³/mol. The number of likely N-dealkylation sites (tertiary alicyclic amines) is 1. The standard InChI is InChI=1S/C13H19N5/c1-9-8-18(2)6-4-11(9)17-13-12(15)10(7-14)3-5-16-13/h3,5,9,11H,4,6,8,15H2,1-2H3,(H,16,17). The van der Waals surface area contributed by atoms with Crippen LogP contribution in [0.2, 0.25) is 0 Å². The molecule has 2 rings (SSSR count). The summed E-state index contributed by atoms with van der Waals surface area (Å²) in [4.78, 5) is 6.56. The van der Waals surface area contributed by atoms with E-state index in [-0.39, 0.29) is 0 Å².